The highest BCUT2D eigenvalue weighted by molar-refractivity contribution is 6.35. The highest BCUT2D eigenvalue weighted by atomic mass is 35.5. The zero-order valence-corrected chi connectivity index (χ0v) is 15.1. The number of carbonyl (C=O) groups is 1. The van der Waals surface area contributed by atoms with E-state index in [1.54, 1.807) is 49.4 Å². The first-order valence-corrected chi connectivity index (χ1v) is 8.49. The molecule has 0 saturated heterocycles. The van der Waals surface area contributed by atoms with Gasteiger partial charge in [0.05, 0.1) is 11.6 Å². The van der Waals surface area contributed by atoms with E-state index in [2.05, 4.69) is 5.32 Å². The summed E-state index contributed by atoms with van der Waals surface area (Å²) in [5, 5.41) is 3.86. The minimum absolute atomic E-state index is 0.313. The first kappa shape index (κ1) is 17.6. The molecule has 2 atom stereocenters. The maximum absolute atomic E-state index is 12.6. The maximum Gasteiger partial charge on any atom is 0.420 e. The molecule has 0 spiro atoms. The molecule has 0 radical (unpaired) electrons. The fourth-order valence-electron chi connectivity index (χ4n) is 2.73. The van der Waals surface area contributed by atoms with Gasteiger partial charge in [-0.1, -0.05) is 41.4 Å². The van der Waals surface area contributed by atoms with Gasteiger partial charge in [-0.2, -0.15) is 0 Å². The van der Waals surface area contributed by atoms with Gasteiger partial charge in [0.2, 0.25) is 5.91 Å². The van der Waals surface area contributed by atoms with Crippen LogP contribution in [0.2, 0.25) is 10.0 Å². The van der Waals surface area contributed by atoms with Crippen molar-refractivity contribution in [2.24, 2.45) is 0 Å². The number of nitrogens with zero attached hydrogens (tertiary/aromatic N) is 1. The molecule has 0 bridgehead atoms. The molecular weight excluding hydrogens is 363 g/mol. The summed E-state index contributed by atoms with van der Waals surface area (Å²) in [7, 11) is 0. The van der Waals surface area contributed by atoms with E-state index in [-0.39, 0.29) is 11.9 Å². The van der Waals surface area contributed by atoms with E-state index in [1.165, 1.54) is 4.57 Å². The summed E-state index contributed by atoms with van der Waals surface area (Å²) in [4.78, 5) is 24.7. The lowest BCUT2D eigenvalue weighted by Crippen LogP contribution is -2.35. The van der Waals surface area contributed by atoms with Crippen molar-refractivity contribution >= 4 is 40.2 Å². The Morgan fingerprint density at radius 2 is 1.88 bits per heavy atom. The average Bonchev–Trinajstić information content (AvgIpc) is 2.89. The van der Waals surface area contributed by atoms with Crippen molar-refractivity contribution in [2.45, 2.75) is 25.9 Å². The molecular formula is C18H16Cl2N2O3. The van der Waals surface area contributed by atoms with E-state index in [4.69, 9.17) is 27.6 Å². The number of halogens is 2. The Kier molecular flexibility index (Phi) is 4.88. The number of aromatic nitrogens is 1. The van der Waals surface area contributed by atoms with Crippen molar-refractivity contribution in [3.05, 3.63) is 68.6 Å². The standard InChI is InChI=1S/C18H16Cl2N2O3/c1-10(13-8-7-12(19)9-14(13)20)21-17(23)11(2)22-15-5-3-4-6-16(15)25-18(22)24/h3-11H,1-2H3,(H,21,23)/t10-,11+/m0/s1. The number of amides is 1. The number of fused-ring (bicyclic) bond motifs is 1. The van der Waals surface area contributed by atoms with Gasteiger partial charge in [0.25, 0.3) is 0 Å². The number of carbonyl (C=O) groups excluding carboxylic acids is 1. The van der Waals surface area contributed by atoms with Crippen LogP contribution in [0.25, 0.3) is 11.1 Å². The van der Waals surface area contributed by atoms with E-state index < -0.39 is 11.8 Å². The predicted molar refractivity (Wildman–Crippen MR) is 98.2 cm³/mol. The molecule has 1 aromatic heterocycles. The van der Waals surface area contributed by atoms with Crippen LogP contribution in [0, 0.1) is 0 Å². The van der Waals surface area contributed by atoms with Crippen LogP contribution in [-0.4, -0.2) is 10.5 Å². The second-order valence-electron chi connectivity index (χ2n) is 5.78. The Bertz CT molecular complexity index is 993. The van der Waals surface area contributed by atoms with Crippen molar-refractivity contribution in [2.75, 3.05) is 0 Å². The summed E-state index contributed by atoms with van der Waals surface area (Å²) < 4.78 is 6.52. The molecule has 2 aromatic carbocycles. The van der Waals surface area contributed by atoms with Gasteiger partial charge < -0.3 is 9.73 Å². The second kappa shape index (κ2) is 6.94. The number of rotatable bonds is 4. The Labute approximate surface area is 154 Å². The molecule has 0 aliphatic heterocycles. The van der Waals surface area contributed by atoms with Crippen LogP contribution < -0.4 is 11.1 Å². The third-order valence-corrected chi connectivity index (χ3v) is 4.64. The second-order valence-corrected chi connectivity index (χ2v) is 6.62. The van der Waals surface area contributed by atoms with Crippen molar-refractivity contribution in [1.82, 2.24) is 9.88 Å². The van der Waals surface area contributed by atoms with Crippen LogP contribution in [0.3, 0.4) is 0 Å². The number of hydrogen-bond donors (Lipinski definition) is 1. The fraction of sp³-hybridized carbons (Fsp3) is 0.222. The molecule has 0 unspecified atom stereocenters. The fourth-order valence-corrected chi connectivity index (χ4v) is 3.30. The maximum atomic E-state index is 12.6. The van der Waals surface area contributed by atoms with Crippen LogP contribution in [0.5, 0.6) is 0 Å². The molecule has 1 N–H and O–H groups in total. The highest BCUT2D eigenvalue weighted by Gasteiger charge is 2.23. The van der Waals surface area contributed by atoms with Crippen LogP contribution in [0.15, 0.2) is 51.7 Å². The molecule has 3 aromatic rings. The monoisotopic (exact) mass is 378 g/mol. The summed E-state index contributed by atoms with van der Waals surface area (Å²) in [5.74, 6) is -0.881. The van der Waals surface area contributed by atoms with Gasteiger partial charge in [0.1, 0.15) is 6.04 Å². The summed E-state index contributed by atoms with van der Waals surface area (Å²) in [5.41, 5.74) is 1.77. The number of benzene rings is 2. The van der Waals surface area contributed by atoms with Gasteiger partial charge >= 0.3 is 5.76 Å². The van der Waals surface area contributed by atoms with E-state index in [1.807, 2.05) is 6.92 Å². The molecule has 0 fully saturated rings. The number of nitrogens with one attached hydrogen (secondary N) is 1. The predicted octanol–water partition coefficient (Wildman–Crippen LogP) is 4.34. The van der Waals surface area contributed by atoms with Gasteiger partial charge in [-0.25, -0.2) is 4.79 Å². The minimum Gasteiger partial charge on any atom is -0.408 e. The molecule has 130 valence electrons. The average molecular weight is 379 g/mol. The lowest BCUT2D eigenvalue weighted by Gasteiger charge is -2.19. The lowest BCUT2D eigenvalue weighted by atomic mass is 10.1. The normalized spacial score (nSPS) is 13.6. The molecule has 1 heterocycles. The first-order valence-electron chi connectivity index (χ1n) is 7.74. The third-order valence-electron chi connectivity index (χ3n) is 4.07. The molecule has 1 amide bonds. The van der Waals surface area contributed by atoms with Crippen molar-refractivity contribution < 1.29 is 9.21 Å². The topological polar surface area (TPSA) is 64.2 Å². The van der Waals surface area contributed by atoms with E-state index >= 15 is 0 Å². The molecule has 0 aliphatic rings. The molecule has 3 rings (SSSR count). The number of hydrogen-bond acceptors (Lipinski definition) is 3. The van der Waals surface area contributed by atoms with Crippen molar-refractivity contribution in [1.29, 1.82) is 0 Å². The quantitative estimate of drug-likeness (QED) is 0.734. The van der Waals surface area contributed by atoms with Crippen LogP contribution >= 0.6 is 23.2 Å². The Morgan fingerprint density at radius 3 is 2.60 bits per heavy atom. The summed E-state index contributed by atoms with van der Waals surface area (Å²) in [6, 6.07) is 11.0. The van der Waals surface area contributed by atoms with Gasteiger partial charge in [0.15, 0.2) is 5.58 Å². The van der Waals surface area contributed by atoms with Crippen LogP contribution in [-0.2, 0) is 4.79 Å². The Balaban J connectivity index is 1.85. The van der Waals surface area contributed by atoms with Crippen molar-refractivity contribution in [3.63, 3.8) is 0 Å². The number of oxazole rings is 1. The summed E-state index contributed by atoms with van der Waals surface area (Å²) >= 11 is 12.1. The zero-order chi connectivity index (χ0) is 18.1. The summed E-state index contributed by atoms with van der Waals surface area (Å²) in [6.45, 7) is 3.46. The Hall–Kier alpha value is -2.24. The van der Waals surface area contributed by atoms with Crippen LogP contribution in [0.1, 0.15) is 31.5 Å². The molecule has 25 heavy (non-hydrogen) atoms. The molecule has 0 saturated carbocycles. The van der Waals surface area contributed by atoms with E-state index in [0.717, 1.165) is 5.56 Å². The number of para-hydroxylation sites is 2. The van der Waals surface area contributed by atoms with Gasteiger partial charge in [-0.3, -0.25) is 9.36 Å². The van der Waals surface area contributed by atoms with E-state index in [0.29, 0.717) is 21.1 Å². The molecule has 5 nitrogen and oxygen atoms in total. The SMILES string of the molecule is C[C@H](NC(=O)[C@@H](C)n1c(=O)oc2ccccc21)c1ccc(Cl)cc1Cl. The lowest BCUT2D eigenvalue weighted by molar-refractivity contribution is -0.124. The van der Waals surface area contributed by atoms with Gasteiger partial charge in [-0.05, 0) is 43.7 Å². The smallest absolute Gasteiger partial charge is 0.408 e. The highest BCUT2D eigenvalue weighted by Crippen LogP contribution is 2.26. The van der Waals surface area contributed by atoms with Gasteiger partial charge in [-0.15, -0.1) is 0 Å². The van der Waals surface area contributed by atoms with Crippen LogP contribution in [0.4, 0.5) is 0 Å². The largest absolute Gasteiger partial charge is 0.420 e. The van der Waals surface area contributed by atoms with E-state index in [9.17, 15) is 9.59 Å². The first-order chi connectivity index (χ1) is 11.9. The Morgan fingerprint density at radius 1 is 1.16 bits per heavy atom. The minimum atomic E-state index is -0.732. The molecule has 0 aliphatic carbocycles. The third kappa shape index (κ3) is 3.43. The molecule has 7 heteroatoms. The van der Waals surface area contributed by atoms with Gasteiger partial charge in [0, 0.05) is 10.0 Å². The van der Waals surface area contributed by atoms with Crippen molar-refractivity contribution in [3.8, 4) is 0 Å². The zero-order valence-electron chi connectivity index (χ0n) is 13.6. The summed E-state index contributed by atoms with van der Waals surface area (Å²) in [6.07, 6.45) is 0.